The van der Waals surface area contributed by atoms with Gasteiger partial charge in [0.15, 0.2) is 11.9 Å². The number of nitrogens with one attached hydrogen (secondary N) is 8. The van der Waals surface area contributed by atoms with Crippen LogP contribution in [0.1, 0.15) is 97.1 Å². The summed E-state index contributed by atoms with van der Waals surface area (Å²) in [5.41, 5.74) is 29.6. The number of benzene rings is 2. The van der Waals surface area contributed by atoms with E-state index in [2.05, 4.69) is 52.2 Å². The van der Waals surface area contributed by atoms with E-state index in [9.17, 15) is 53.4 Å². The molecule has 3 rings (SSSR count). The van der Waals surface area contributed by atoms with Gasteiger partial charge in [-0.1, -0.05) is 64.4 Å². The number of aromatic amines is 1. The second-order valence-corrected chi connectivity index (χ2v) is 19.2. The first-order valence-corrected chi connectivity index (χ1v) is 25.4. The maximum atomic E-state index is 14.7. The molecule has 8 atom stereocenters. The summed E-state index contributed by atoms with van der Waals surface area (Å²) in [4.78, 5) is 133. The molecule has 422 valence electrons. The van der Waals surface area contributed by atoms with Crippen LogP contribution in [0.15, 0.2) is 64.7 Å². The van der Waals surface area contributed by atoms with Crippen LogP contribution in [0.25, 0.3) is 10.9 Å². The molecule has 8 amide bonds. The first-order valence-electron chi connectivity index (χ1n) is 25.4. The number of aliphatic carboxylic acids is 1. The number of phenols is 1. The van der Waals surface area contributed by atoms with E-state index in [-0.39, 0.29) is 81.6 Å². The van der Waals surface area contributed by atoms with Crippen molar-refractivity contribution < 1.29 is 53.4 Å². The van der Waals surface area contributed by atoms with Crippen molar-refractivity contribution in [3.05, 3.63) is 65.9 Å². The Bertz CT molecular complexity index is 2560. The number of guanidine groups is 2. The van der Waals surface area contributed by atoms with Gasteiger partial charge in [-0.2, -0.15) is 0 Å². The number of rotatable bonds is 33. The number of para-hydroxylation sites is 1. The summed E-state index contributed by atoms with van der Waals surface area (Å²) in [7, 11) is 0. The summed E-state index contributed by atoms with van der Waals surface area (Å²) in [6, 6.07) is 3.58. The van der Waals surface area contributed by atoms with Gasteiger partial charge in [0.25, 0.3) is 0 Å². The zero-order chi connectivity index (χ0) is 57.4. The van der Waals surface area contributed by atoms with E-state index < -0.39 is 114 Å². The van der Waals surface area contributed by atoms with E-state index in [1.807, 2.05) is 39.0 Å². The van der Waals surface area contributed by atoms with Crippen molar-refractivity contribution in [3.8, 4) is 5.75 Å². The van der Waals surface area contributed by atoms with Crippen molar-refractivity contribution in [1.29, 1.82) is 0 Å². The number of H-pyrrole nitrogens is 1. The quantitative estimate of drug-likeness (QED) is 0.0190. The number of amides is 8. The number of hydrogen-bond donors (Lipinski definition) is 15. The van der Waals surface area contributed by atoms with E-state index in [1.54, 1.807) is 19.2 Å². The highest BCUT2D eigenvalue weighted by molar-refractivity contribution is 5.98. The summed E-state index contributed by atoms with van der Waals surface area (Å²) in [6.07, 6.45) is 0.892. The molecule has 1 aromatic heterocycles. The largest absolute Gasteiger partial charge is 0.508 e. The van der Waals surface area contributed by atoms with Crippen LogP contribution in [0.2, 0.25) is 0 Å². The van der Waals surface area contributed by atoms with Crippen molar-refractivity contribution >= 4 is 76.0 Å². The van der Waals surface area contributed by atoms with Gasteiger partial charge in [-0.05, 0) is 79.7 Å². The highest BCUT2D eigenvalue weighted by Gasteiger charge is 2.36. The third kappa shape index (κ3) is 22.1. The van der Waals surface area contributed by atoms with Crippen LogP contribution >= 0.6 is 0 Å². The van der Waals surface area contributed by atoms with Crippen molar-refractivity contribution in [2.75, 3.05) is 13.1 Å². The Kier molecular flexibility index (Phi) is 25.7. The van der Waals surface area contributed by atoms with E-state index in [0.29, 0.717) is 17.5 Å². The van der Waals surface area contributed by atoms with Crippen LogP contribution in [0.5, 0.6) is 5.75 Å². The average molecular weight is 1080 g/mol. The van der Waals surface area contributed by atoms with Crippen LogP contribution < -0.4 is 65.9 Å². The molecule has 1 heterocycles. The van der Waals surface area contributed by atoms with Gasteiger partial charge in [0.2, 0.25) is 47.3 Å². The zero-order valence-corrected chi connectivity index (χ0v) is 44.2. The highest BCUT2D eigenvalue weighted by atomic mass is 16.4. The fourth-order valence-corrected chi connectivity index (χ4v) is 8.16. The van der Waals surface area contributed by atoms with Gasteiger partial charge >= 0.3 is 5.97 Å². The van der Waals surface area contributed by atoms with E-state index in [1.165, 1.54) is 31.2 Å². The van der Waals surface area contributed by atoms with E-state index in [4.69, 9.17) is 28.7 Å². The first kappa shape index (κ1) is 62.8. The van der Waals surface area contributed by atoms with Crippen LogP contribution in [-0.4, -0.2) is 136 Å². The Morgan fingerprint density at radius 3 is 1.58 bits per heavy atom. The lowest BCUT2D eigenvalue weighted by molar-refractivity contribution is -0.138. The Morgan fingerprint density at radius 1 is 0.597 bits per heavy atom. The second kappa shape index (κ2) is 31.4. The fraction of sp³-hybridized carbons (Fsp3) is 0.510. The number of primary amides is 1. The Morgan fingerprint density at radius 2 is 1.09 bits per heavy atom. The number of aromatic nitrogens is 1. The topological polar surface area (TPSA) is 449 Å². The average Bonchev–Trinajstić information content (AvgIpc) is 3.77. The molecule has 0 radical (unpaired) electrons. The number of nitrogens with two attached hydrogens (primary N) is 5. The normalized spacial score (nSPS) is 14.2. The first-order chi connectivity index (χ1) is 36.4. The zero-order valence-electron chi connectivity index (χ0n) is 44.2. The number of carbonyl (C=O) groups is 9. The number of carbonyl (C=O) groups excluding carboxylic acids is 8. The molecule has 26 heteroatoms. The molecule has 20 N–H and O–H groups in total. The SMILES string of the molecule is CC[C@H](C)[C@H](NC(=O)[C@H](CC(C)C)NC(C)=O)C(=O)N[C@@H](Cc1c[nH]c2ccccc12)C(=O)N[C@@H](CCCN=C(N)N)C(=O)N[C@@H](CCC(=O)O)C(=O)N[C@@H](CCCN=C(N)N)C(=O)N[C@@H](Cc1ccc(O)cc1)C(N)=O. The predicted octanol–water partition coefficient (Wildman–Crippen LogP) is -1.38. The number of nitrogens with zero attached hydrogens (tertiary/aromatic N) is 2. The molecule has 0 aliphatic rings. The van der Waals surface area contributed by atoms with Crippen molar-refractivity contribution in [2.45, 2.75) is 141 Å². The van der Waals surface area contributed by atoms with Gasteiger partial charge in [0.1, 0.15) is 48.0 Å². The number of aromatic hydroxyl groups is 1. The molecule has 0 saturated heterocycles. The molecule has 0 saturated carbocycles. The fourth-order valence-electron chi connectivity index (χ4n) is 8.16. The molecule has 0 aliphatic heterocycles. The number of hydrogen-bond acceptors (Lipinski definition) is 12. The molecule has 0 fully saturated rings. The number of aliphatic imine (C=N–C) groups is 2. The standard InChI is InChI=1S/C51H77N15O11/c1-6-28(4)42(66-48(76)39(23-27(2)3)60-29(5)67)49(77)65-40(25-31-26-59-34-12-8-7-11-33(31)34)47(75)62-35(13-9-21-57-50(53)54)44(72)63-37(19-20-41(69)70)46(74)61-36(14-10-22-58-51(55)56)45(73)64-38(43(52)71)24-30-15-17-32(68)18-16-30/h7-8,11-12,15-18,26-28,35-40,42,59,68H,6,9-10,13-14,19-25H2,1-5H3,(H2,52,71)(H,60,67)(H,61,74)(H,62,75)(H,63,72)(H,64,73)(H,65,77)(H,66,76)(H,69,70)(H4,53,54,57)(H4,55,56,58)/t28-,35-,36-,37-,38-,39-,40-,42-/m0/s1. The number of phenolic OH excluding ortho intramolecular Hbond substituents is 1. The lowest BCUT2D eigenvalue weighted by Gasteiger charge is -2.29. The van der Waals surface area contributed by atoms with Gasteiger partial charge in [0, 0.05) is 56.4 Å². The Balaban J connectivity index is 2.03. The summed E-state index contributed by atoms with van der Waals surface area (Å²) in [5.74, 6) is -8.79. The van der Waals surface area contributed by atoms with Gasteiger partial charge in [-0.3, -0.25) is 53.1 Å². The van der Waals surface area contributed by atoms with Crippen LogP contribution in [-0.2, 0) is 56.0 Å². The van der Waals surface area contributed by atoms with Crippen LogP contribution in [0.4, 0.5) is 0 Å². The molecule has 0 bridgehead atoms. The molecule has 0 spiro atoms. The van der Waals surface area contributed by atoms with Gasteiger partial charge < -0.3 is 81.1 Å². The molecular formula is C51H77N15O11. The summed E-state index contributed by atoms with van der Waals surface area (Å²) < 4.78 is 0. The predicted molar refractivity (Wildman–Crippen MR) is 288 cm³/mol. The molecule has 0 aliphatic carbocycles. The number of fused-ring (bicyclic) bond motifs is 1. The maximum absolute atomic E-state index is 14.7. The lowest BCUT2D eigenvalue weighted by Crippen LogP contribution is -2.61. The minimum absolute atomic E-state index is 0.00731. The lowest BCUT2D eigenvalue weighted by atomic mass is 9.95. The van der Waals surface area contributed by atoms with Gasteiger partial charge in [-0.25, -0.2) is 0 Å². The minimum atomic E-state index is -1.65. The summed E-state index contributed by atoms with van der Waals surface area (Å²) in [6.45, 7) is 8.58. The minimum Gasteiger partial charge on any atom is -0.508 e. The third-order valence-corrected chi connectivity index (χ3v) is 12.4. The van der Waals surface area contributed by atoms with Crippen LogP contribution in [0, 0.1) is 11.8 Å². The van der Waals surface area contributed by atoms with Gasteiger partial charge in [0.05, 0.1) is 0 Å². The smallest absolute Gasteiger partial charge is 0.303 e. The molecule has 3 aromatic rings. The third-order valence-electron chi connectivity index (χ3n) is 12.4. The highest BCUT2D eigenvalue weighted by Crippen LogP contribution is 2.21. The van der Waals surface area contributed by atoms with Crippen molar-refractivity contribution in [3.63, 3.8) is 0 Å². The Hall–Kier alpha value is -8.45. The summed E-state index contributed by atoms with van der Waals surface area (Å²) in [5, 5.41) is 38.7. The molecule has 77 heavy (non-hydrogen) atoms. The van der Waals surface area contributed by atoms with Gasteiger partial charge in [-0.15, -0.1) is 0 Å². The monoisotopic (exact) mass is 1080 g/mol. The summed E-state index contributed by atoms with van der Waals surface area (Å²) >= 11 is 0. The van der Waals surface area contributed by atoms with E-state index >= 15 is 0 Å². The second-order valence-electron chi connectivity index (χ2n) is 19.2. The molecular weight excluding hydrogens is 999 g/mol. The number of carboxylic acids is 1. The number of carboxylic acid groups (broad SMARTS) is 1. The Labute approximate surface area is 446 Å². The van der Waals surface area contributed by atoms with Crippen LogP contribution in [0.3, 0.4) is 0 Å². The maximum Gasteiger partial charge on any atom is 0.303 e. The molecule has 0 unspecified atom stereocenters. The van der Waals surface area contributed by atoms with E-state index in [0.717, 1.165) is 10.9 Å². The molecule has 26 nitrogen and oxygen atoms in total. The van der Waals surface area contributed by atoms with Crippen molar-refractivity contribution in [2.24, 2.45) is 50.5 Å². The molecule has 2 aromatic carbocycles. The van der Waals surface area contributed by atoms with Crippen molar-refractivity contribution in [1.82, 2.24) is 42.2 Å².